The molecule has 28 heavy (non-hydrogen) atoms. The van der Waals surface area contributed by atoms with Crippen LogP contribution in [0.3, 0.4) is 0 Å². The quantitative estimate of drug-likeness (QED) is 0.368. The summed E-state index contributed by atoms with van der Waals surface area (Å²) in [7, 11) is 0. The van der Waals surface area contributed by atoms with Gasteiger partial charge in [0.2, 0.25) is 0 Å². The number of anilines is 1. The number of benzene rings is 3. The second kappa shape index (κ2) is 7.67. The molecule has 0 saturated heterocycles. The maximum atomic E-state index is 12.6. The lowest BCUT2D eigenvalue weighted by Crippen LogP contribution is -2.30. The van der Waals surface area contributed by atoms with Crippen LogP contribution in [0.15, 0.2) is 54.6 Å². The largest absolute Gasteiger partial charge is 0.479 e. The standard InChI is InChI=1S/C22H16Cl3NO2/c1-12(28-21-11-19(24)18(23)10-20(21)25)22(27)26-15-6-7-17-14(9-15)8-13-4-2-3-5-16(13)17/h2-7,9-12H,8H2,1H3,(H,26,27)/t12-/m0/s1. The highest BCUT2D eigenvalue weighted by Gasteiger charge is 2.20. The predicted molar refractivity (Wildman–Crippen MR) is 115 cm³/mol. The van der Waals surface area contributed by atoms with E-state index in [1.807, 2.05) is 30.3 Å². The second-order valence-electron chi connectivity index (χ2n) is 6.65. The van der Waals surface area contributed by atoms with E-state index in [1.54, 1.807) is 6.92 Å². The monoisotopic (exact) mass is 431 g/mol. The summed E-state index contributed by atoms with van der Waals surface area (Å²) < 4.78 is 5.67. The lowest BCUT2D eigenvalue weighted by molar-refractivity contribution is -0.122. The minimum absolute atomic E-state index is 0.280. The number of carbonyl (C=O) groups excluding carboxylic acids is 1. The molecule has 1 N–H and O–H groups in total. The van der Waals surface area contributed by atoms with Gasteiger partial charge < -0.3 is 10.1 Å². The zero-order valence-electron chi connectivity index (χ0n) is 14.9. The molecule has 0 spiro atoms. The van der Waals surface area contributed by atoms with E-state index in [0.29, 0.717) is 20.8 Å². The molecule has 0 radical (unpaired) electrons. The number of carbonyl (C=O) groups is 1. The third-order valence-corrected chi connectivity index (χ3v) is 5.73. The summed E-state index contributed by atoms with van der Waals surface area (Å²) in [5.41, 5.74) is 5.68. The smallest absolute Gasteiger partial charge is 0.265 e. The summed E-state index contributed by atoms with van der Waals surface area (Å²) in [6.07, 6.45) is 0.0976. The zero-order valence-corrected chi connectivity index (χ0v) is 17.2. The van der Waals surface area contributed by atoms with Gasteiger partial charge in [-0.25, -0.2) is 0 Å². The first kappa shape index (κ1) is 19.1. The molecule has 1 atom stereocenters. The molecule has 3 aromatic rings. The Hall–Kier alpha value is -2.20. The Bertz CT molecular complexity index is 1080. The van der Waals surface area contributed by atoms with Crippen molar-refractivity contribution in [3.8, 4) is 16.9 Å². The van der Waals surface area contributed by atoms with Gasteiger partial charge in [-0.15, -0.1) is 0 Å². The van der Waals surface area contributed by atoms with Crippen LogP contribution in [0.5, 0.6) is 5.75 Å². The molecule has 142 valence electrons. The normalized spacial score (nSPS) is 12.9. The molecule has 0 heterocycles. The molecule has 0 bridgehead atoms. The number of fused-ring (bicyclic) bond motifs is 3. The first-order valence-corrected chi connectivity index (χ1v) is 9.89. The van der Waals surface area contributed by atoms with Crippen molar-refractivity contribution in [3.05, 3.63) is 80.8 Å². The van der Waals surface area contributed by atoms with Crippen LogP contribution in [0.1, 0.15) is 18.1 Å². The van der Waals surface area contributed by atoms with Gasteiger partial charge in [0, 0.05) is 11.8 Å². The van der Waals surface area contributed by atoms with Gasteiger partial charge in [0.15, 0.2) is 6.10 Å². The molecule has 3 nitrogen and oxygen atoms in total. The molecule has 3 aromatic carbocycles. The van der Waals surface area contributed by atoms with Gasteiger partial charge in [0.05, 0.1) is 15.1 Å². The molecule has 1 amide bonds. The number of nitrogens with one attached hydrogen (secondary N) is 1. The molecule has 0 fully saturated rings. The Kier molecular flexibility index (Phi) is 5.24. The van der Waals surface area contributed by atoms with Crippen molar-refractivity contribution in [1.29, 1.82) is 0 Å². The third kappa shape index (κ3) is 3.70. The first-order chi connectivity index (χ1) is 13.4. The number of ether oxygens (including phenoxy) is 1. The van der Waals surface area contributed by atoms with Crippen LogP contribution < -0.4 is 10.1 Å². The van der Waals surface area contributed by atoms with Crippen molar-refractivity contribution < 1.29 is 9.53 Å². The van der Waals surface area contributed by atoms with E-state index in [4.69, 9.17) is 39.5 Å². The fraction of sp³-hybridized carbons (Fsp3) is 0.136. The molecule has 6 heteroatoms. The zero-order chi connectivity index (χ0) is 19.8. The SMILES string of the molecule is C[C@H](Oc1cc(Cl)c(Cl)cc1Cl)C(=O)Nc1ccc2c(c1)Cc1ccccc1-2. The van der Waals surface area contributed by atoms with Crippen LogP contribution in [-0.4, -0.2) is 12.0 Å². The Labute approximate surface area is 178 Å². The second-order valence-corrected chi connectivity index (χ2v) is 7.87. The van der Waals surface area contributed by atoms with Crippen LogP contribution in [0.2, 0.25) is 15.1 Å². The summed E-state index contributed by atoms with van der Waals surface area (Å²) in [5, 5.41) is 3.83. The van der Waals surface area contributed by atoms with Crippen LogP contribution in [0.25, 0.3) is 11.1 Å². The Morgan fingerprint density at radius 1 is 0.929 bits per heavy atom. The highest BCUT2D eigenvalue weighted by molar-refractivity contribution is 6.43. The van der Waals surface area contributed by atoms with Crippen molar-refractivity contribution >= 4 is 46.4 Å². The summed E-state index contributed by atoms with van der Waals surface area (Å²) in [4.78, 5) is 12.6. The molecule has 0 aliphatic heterocycles. The van der Waals surface area contributed by atoms with Crippen molar-refractivity contribution in [2.75, 3.05) is 5.32 Å². The Morgan fingerprint density at radius 2 is 1.64 bits per heavy atom. The average Bonchev–Trinajstić information content (AvgIpc) is 3.03. The van der Waals surface area contributed by atoms with E-state index in [-0.39, 0.29) is 5.91 Å². The van der Waals surface area contributed by atoms with Crippen molar-refractivity contribution in [3.63, 3.8) is 0 Å². The number of halogens is 3. The molecule has 0 saturated carbocycles. The molecular formula is C22H16Cl3NO2. The third-order valence-electron chi connectivity index (χ3n) is 4.71. The van der Waals surface area contributed by atoms with Gasteiger partial charge in [-0.2, -0.15) is 0 Å². The van der Waals surface area contributed by atoms with Gasteiger partial charge in [-0.05, 0) is 53.8 Å². The molecule has 0 unspecified atom stereocenters. The van der Waals surface area contributed by atoms with E-state index in [0.717, 1.165) is 12.1 Å². The van der Waals surface area contributed by atoms with E-state index in [2.05, 4.69) is 17.4 Å². The molecule has 1 aliphatic carbocycles. The maximum Gasteiger partial charge on any atom is 0.265 e. The summed E-state index contributed by atoms with van der Waals surface area (Å²) >= 11 is 18.0. The lowest BCUT2D eigenvalue weighted by atomic mass is 10.1. The first-order valence-electron chi connectivity index (χ1n) is 8.75. The summed E-state index contributed by atoms with van der Waals surface area (Å²) in [6.45, 7) is 1.65. The van der Waals surface area contributed by atoms with Gasteiger partial charge in [0.25, 0.3) is 5.91 Å². The predicted octanol–water partition coefficient (Wildman–Crippen LogP) is 6.62. The van der Waals surface area contributed by atoms with Gasteiger partial charge in [-0.1, -0.05) is 65.1 Å². The van der Waals surface area contributed by atoms with Crippen LogP contribution in [0.4, 0.5) is 5.69 Å². The van der Waals surface area contributed by atoms with E-state index < -0.39 is 6.10 Å². The highest BCUT2D eigenvalue weighted by atomic mass is 35.5. The van der Waals surface area contributed by atoms with Gasteiger partial charge in [-0.3, -0.25) is 4.79 Å². The van der Waals surface area contributed by atoms with E-state index >= 15 is 0 Å². The highest BCUT2D eigenvalue weighted by Crippen LogP contribution is 2.38. The van der Waals surface area contributed by atoms with Gasteiger partial charge in [0.1, 0.15) is 5.75 Å². The van der Waals surface area contributed by atoms with Crippen molar-refractivity contribution in [2.45, 2.75) is 19.4 Å². The fourth-order valence-corrected chi connectivity index (χ4v) is 3.89. The number of hydrogen-bond donors (Lipinski definition) is 1. The van der Waals surface area contributed by atoms with E-state index in [9.17, 15) is 4.79 Å². The molecule has 0 aromatic heterocycles. The van der Waals surface area contributed by atoms with Gasteiger partial charge >= 0.3 is 0 Å². The minimum Gasteiger partial charge on any atom is -0.479 e. The fourth-order valence-electron chi connectivity index (χ4n) is 3.31. The molecular weight excluding hydrogens is 417 g/mol. The van der Waals surface area contributed by atoms with Crippen LogP contribution in [-0.2, 0) is 11.2 Å². The van der Waals surface area contributed by atoms with Crippen molar-refractivity contribution in [2.24, 2.45) is 0 Å². The number of amides is 1. The summed E-state index contributed by atoms with van der Waals surface area (Å²) in [5.74, 6) is 0.0284. The maximum absolute atomic E-state index is 12.6. The van der Waals surface area contributed by atoms with E-state index in [1.165, 1.54) is 34.4 Å². The number of rotatable bonds is 4. The molecule has 1 aliphatic rings. The van der Waals surface area contributed by atoms with Crippen molar-refractivity contribution in [1.82, 2.24) is 0 Å². The summed E-state index contributed by atoms with van der Waals surface area (Å²) in [6, 6.07) is 17.3. The minimum atomic E-state index is -0.764. The Balaban J connectivity index is 1.47. The van der Waals surface area contributed by atoms with Crippen LogP contribution in [0, 0.1) is 0 Å². The molecule has 4 rings (SSSR count). The average molecular weight is 433 g/mol. The van der Waals surface area contributed by atoms with Crippen LogP contribution >= 0.6 is 34.8 Å². The topological polar surface area (TPSA) is 38.3 Å². The lowest BCUT2D eigenvalue weighted by Gasteiger charge is -2.16. The Morgan fingerprint density at radius 3 is 2.46 bits per heavy atom. The number of hydrogen-bond acceptors (Lipinski definition) is 2.